The second-order valence-corrected chi connectivity index (χ2v) is 6.89. The van der Waals surface area contributed by atoms with Crippen molar-refractivity contribution in [1.82, 2.24) is 19.5 Å². The molecule has 3 N–H and O–H groups in total. The van der Waals surface area contributed by atoms with Crippen LogP contribution in [0.4, 0.5) is 5.82 Å². The first-order valence-electron chi connectivity index (χ1n) is 9.55. The number of imidazole rings is 1. The van der Waals surface area contributed by atoms with E-state index in [-0.39, 0.29) is 12.5 Å². The average Bonchev–Trinajstić information content (AvgIpc) is 3.25. The van der Waals surface area contributed by atoms with Gasteiger partial charge in [0, 0.05) is 12.8 Å². The maximum atomic E-state index is 12.2. The maximum absolute atomic E-state index is 12.2. The molecule has 0 saturated carbocycles. The quantitative estimate of drug-likeness (QED) is 0.569. The van der Waals surface area contributed by atoms with E-state index in [9.17, 15) is 15.0 Å². The molecule has 3 atom stereocenters. The number of unbranched alkanes of at least 4 members (excludes halogenated alkanes) is 4. The Morgan fingerprint density at radius 1 is 1.30 bits per heavy atom. The number of hydrogen-bond acceptors (Lipinski definition) is 7. The van der Waals surface area contributed by atoms with Gasteiger partial charge in [-0.1, -0.05) is 32.6 Å². The van der Waals surface area contributed by atoms with Crippen molar-refractivity contribution in [3.05, 3.63) is 12.7 Å². The number of aromatic nitrogens is 4. The average molecular weight is 377 g/mol. The summed E-state index contributed by atoms with van der Waals surface area (Å²) >= 11 is 0. The summed E-state index contributed by atoms with van der Waals surface area (Å²) in [5.74, 6) is 0.252. The van der Waals surface area contributed by atoms with Crippen molar-refractivity contribution in [3.63, 3.8) is 0 Å². The number of aliphatic hydroxyl groups is 2. The Morgan fingerprint density at radius 3 is 2.85 bits per heavy atom. The van der Waals surface area contributed by atoms with E-state index in [1.54, 1.807) is 4.57 Å². The summed E-state index contributed by atoms with van der Waals surface area (Å²) in [6.07, 6.45) is 7.17. The van der Waals surface area contributed by atoms with E-state index in [1.165, 1.54) is 25.5 Å². The zero-order valence-corrected chi connectivity index (χ0v) is 15.5. The molecular weight excluding hydrogens is 350 g/mol. The topological polar surface area (TPSA) is 122 Å². The van der Waals surface area contributed by atoms with Crippen LogP contribution in [0.25, 0.3) is 11.2 Å². The Balaban J connectivity index is 1.68. The predicted molar refractivity (Wildman–Crippen MR) is 98.9 cm³/mol. The standard InChI is InChI=1S/C18H27N5O4/c1-2-3-4-5-6-7-14(26)22-16-15-17(20-10-19-16)23(11-21-15)18-13(25)8-12(9-24)27-18/h10-13,18,24-25H,2-9H2,1H3,(H,19,20,22,26)/t12-,13-,18+/m0/s1. The molecule has 1 aliphatic heterocycles. The van der Waals surface area contributed by atoms with E-state index >= 15 is 0 Å². The number of rotatable bonds is 9. The SMILES string of the molecule is CCCCCCCC(=O)Nc1ncnc2c1ncn2[C@@H]1O[C@H](CO)C[C@@H]1O. The molecule has 0 spiro atoms. The Morgan fingerprint density at radius 2 is 2.11 bits per heavy atom. The van der Waals surface area contributed by atoms with Crippen LogP contribution in [0.3, 0.4) is 0 Å². The lowest BCUT2D eigenvalue weighted by Gasteiger charge is -2.16. The molecule has 3 heterocycles. The summed E-state index contributed by atoms with van der Waals surface area (Å²) in [6.45, 7) is 2.00. The third kappa shape index (κ3) is 4.60. The minimum absolute atomic E-state index is 0.0986. The number of carbonyl (C=O) groups is 1. The van der Waals surface area contributed by atoms with Crippen LogP contribution < -0.4 is 5.32 Å². The number of ether oxygens (including phenoxy) is 1. The van der Waals surface area contributed by atoms with Crippen molar-refractivity contribution in [2.24, 2.45) is 0 Å². The first-order chi connectivity index (χ1) is 13.1. The van der Waals surface area contributed by atoms with Gasteiger partial charge in [0.25, 0.3) is 0 Å². The lowest BCUT2D eigenvalue weighted by atomic mass is 10.1. The van der Waals surface area contributed by atoms with E-state index < -0.39 is 18.4 Å². The highest BCUT2D eigenvalue weighted by Gasteiger charge is 2.36. The van der Waals surface area contributed by atoms with Crippen LogP contribution >= 0.6 is 0 Å². The number of amides is 1. The molecule has 0 aromatic carbocycles. The fourth-order valence-corrected chi connectivity index (χ4v) is 3.31. The molecule has 3 rings (SSSR count). The van der Waals surface area contributed by atoms with Crippen LogP contribution in [-0.4, -0.2) is 54.5 Å². The molecule has 1 saturated heterocycles. The second-order valence-electron chi connectivity index (χ2n) is 6.89. The largest absolute Gasteiger partial charge is 0.394 e. The number of fused-ring (bicyclic) bond motifs is 1. The molecule has 0 unspecified atom stereocenters. The van der Waals surface area contributed by atoms with Gasteiger partial charge in [0.1, 0.15) is 12.4 Å². The molecule has 0 bridgehead atoms. The second kappa shape index (κ2) is 9.20. The van der Waals surface area contributed by atoms with Gasteiger partial charge >= 0.3 is 0 Å². The molecule has 148 valence electrons. The molecule has 0 radical (unpaired) electrons. The van der Waals surface area contributed by atoms with Crippen molar-refractivity contribution in [1.29, 1.82) is 0 Å². The minimum atomic E-state index is -0.768. The molecule has 2 aromatic rings. The fourth-order valence-electron chi connectivity index (χ4n) is 3.31. The molecule has 2 aromatic heterocycles. The van der Waals surface area contributed by atoms with Crippen molar-refractivity contribution in [2.45, 2.75) is 70.3 Å². The molecule has 27 heavy (non-hydrogen) atoms. The van der Waals surface area contributed by atoms with Gasteiger partial charge in [-0.15, -0.1) is 0 Å². The number of nitrogens with one attached hydrogen (secondary N) is 1. The van der Waals surface area contributed by atoms with Crippen LogP contribution in [0.2, 0.25) is 0 Å². The van der Waals surface area contributed by atoms with Crippen molar-refractivity contribution >= 4 is 22.9 Å². The monoisotopic (exact) mass is 377 g/mol. The number of anilines is 1. The Bertz CT molecular complexity index is 765. The molecule has 1 amide bonds. The lowest BCUT2D eigenvalue weighted by Crippen LogP contribution is -2.19. The van der Waals surface area contributed by atoms with E-state index in [4.69, 9.17) is 4.74 Å². The summed E-state index contributed by atoms with van der Waals surface area (Å²) in [7, 11) is 0. The summed E-state index contributed by atoms with van der Waals surface area (Å²) in [4.78, 5) is 24.8. The van der Waals surface area contributed by atoms with Crippen molar-refractivity contribution in [3.8, 4) is 0 Å². The highest BCUT2D eigenvalue weighted by molar-refractivity contribution is 5.96. The summed E-state index contributed by atoms with van der Waals surface area (Å²) in [5, 5.41) is 22.2. The number of aliphatic hydroxyl groups excluding tert-OH is 2. The van der Waals surface area contributed by atoms with Gasteiger partial charge in [0.15, 0.2) is 23.2 Å². The van der Waals surface area contributed by atoms with Crippen LogP contribution in [0.15, 0.2) is 12.7 Å². The summed E-state index contributed by atoms with van der Waals surface area (Å²) in [5.41, 5.74) is 0.908. The smallest absolute Gasteiger partial charge is 0.225 e. The normalized spacial score (nSPS) is 22.4. The molecule has 1 aliphatic rings. The number of hydrogen-bond donors (Lipinski definition) is 3. The highest BCUT2D eigenvalue weighted by atomic mass is 16.5. The van der Waals surface area contributed by atoms with Gasteiger partial charge in [-0.3, -0.25) is 9.36 Å². The third-order valence-corrected chi connectivity index (χ3v) is 4.77. The molecule has 9 heteroatoms. The first-order valence-corrected chi connectivity index (χ1v) is 9.55. The third-order valence-electron chi connectivity index (χ3n) is 4.77. The van der Waals surface area contributed by atoms with Crippen molar-refractivity contribution in [2.75, 3.05) is 11.9 Å². The summed E-state index contributed by atoms with van der Waals surface area (Å²) in [6, 6.07) is 0. The van der Waals surface area contributed by atoms with Gasteiger partial charge in [-0.05, 0) is 6.42 Å². The van der Waals surface area contributed by atoms with Gasteiger partial charge in [-0.2, -0.15) is 0 Å². The molecule has 9 nitrogen and oxygen atoms in total. The molecular formula is C18H27N5O4. The van der Waals surface area contributed by atoms with Crippen LogP contribution in [0.1, 0.15) is 58.1 Å². The van der Waals surface area contributed by atoms with Gasteiger partial charge in [0.2, 0.25) is 5.91 Å². The zero-order chi connectivity index (χ0) is 19.2. The van der Waals surface area contributed by atoms with E-state index in [1.807, 2.05) is 0 Å². The zero-order valence-electron chi connectivity index (χ0n) is 15.5. The van der Waals surface area contributed by atoms with Crippen LogP contribution in [-0.2, 0) is 9.53 Å². The van der Waals surface area contributed by atoms with E-state index in [0.29, 0.717) is 29.8 Å². The van der Waals surface area contributed by atoms with Gasteiger partial charge < -0.3 is 20.3 Å². The predicted octanol–water partition coefficient (Wildman–Crippen LogP) is 1.77. The van der Waals surface area contributed by atoms with Gasteiger partial charge in [-0.25, -0.2) is 15.0 Å². The Hall–Kier alpha value is -2.10. The van der Waals surface area contributed by atoms with Crippen LogP contribution in [0, 0.1) is 0 Å². The maximum Gasteiger partial charge on any atom is 0.225 e. The Kier molecular flexibility index (Phi) is 6.70. The van der Waals surface area contributed by atoms with E-state index in [2.05, 4.69) is 27.2 Å². The van der Waals surface area contributed by atoms with Crippen molar-refractivity contribution < 1.29 is 19.7 Å². The lowest BCUT2D eigenvalue weighted by molar-refractivity contribution is -0.116. The molecule has 0 aliphatic carbocycles. The number of carbonyl (C=O) groups excluding carboxylic acids is 1. The minimum Gasteiger partial charge on any atom is -0.394 e. The molecule has 1 fully saturated rings. The fraction of sp³-hybridized carbons (Fsp3) is 0.667. The van der Waals surface area contributed by atoms with E-state index in [0.717, 1.165) is 19.3 Å². The first kappa shape index (κ1) is 19.7. The highest BCUT2D eigenvalue weighted by Crippen LogP contribution is 2.31. The Labute approximate surface area is 157 Å². The van der Waals surface area contributed by atoms with Crippen LogP contribution in [0.5, 0.6) is 0 Å². The summed E-state index contributed by atoms with van der Waals surface area (Å²) < 4.78 is 7.27. The van der Waals surface area contributed by atoms with Gasteiger partial charge in [0.05, 0.1) is 19.0 Å². The number of nitrogens with zero attached hydrogens (tertiary/aromatic N) is 4.